The van der Waals surface area contributed by atoms with E-state index in [0.29, 0.717) is 31.7 Å². The van der Waals surface area contributed by atoms with Crippen LogP contribution in [0.5, 0.6) is 0 Å². The van der Waals surface area contributed by atoms with Gasteiger partial charge in [-0.3, -0.25) is 9.69 Å². The van der Waals surface area contributed by atoms with Crippen molar-refractivity contribution in [3.05, 3.63) is 70.0 Å². The van der Waals surface area contributed by atoms with E-state index in [0.717, 1.165) is 39.6 Å². The summed E-state index contributed by atoms with van der Waals surface area (Å²) in [6.45, 7) is 5.21. The number of nitrogens with one attached hydrogen (secondary N) is 2. The van der Waals surface area contributed by atoms with Crippen LogP contribution in [0.3, 0.4) is 0 Å². The minimum atomic E-state index is -3.14. The number of piperazine rings is 1. The largest absolute Gasteiger partial charge is 0.354 e. The molecule has 0 atom stereocenters. The summed E-state index contributed by atoms with van der Waals surface area (Å²) in [6.07, 6.45) is 1.27. The lowest BCUT2D eigenvalue weighted by Gasteiger charge is -2.33. The van der Waals surface area contributed by atoms with Crippen LogP contribution < -0.4 is 5.56 Å². The van der Waals surface area contributed by atoms with Gasteiger partial charge in [0.15, 0.2) is 0 Å². The molecule has 0 spiro atoms. The molecule has 2 N–H and O–H groups in total. The van der Waals surface area contributed by atoms with Gasteiger partial charge < -0.3 is 9.97 Å². The van der Waals surface area contributed by atoms with Crippen molar-refractivity contribution in [2.75, 3.05) is 32.4 Å². The minimum Gasteiger partial charge on any atom is -0.354 e. The molecule has 2 aromatic heterocycles. The SMILES string of the molecule is Cc1c(-c2cc3ccccc3[nH]c2=O)[nH]c2cccc(CN3CCN(S(C)(=O)=O)CC3)c12. The third-order valence-electron chi connectivity index (χ3n) is 6.38. The Morgan fingerprint density at radius 3 is 2.41 bits per heavy atom. The summed E-state index contributed by atoms with van der Waals surface area (Å²) in [5.41, 5.74) is 5.39. The lowest BCUT2D eigenvalue weighted by Crippen LogP contribution is -2.47. The molecule has 8 heteroatoms. The van der Waals surface area contributed by atoms with Crippen LogP contribution in [0.1, 0.15) is 11.1 Å². The molecule has 166 valence electrons. The van der Waals surface area contributed by atoms with Gasteiger partial charge in [0.2, 0.25) is 10.0 Å². The maximum atomic E-state index is 12.8. The molecule has 32 heavy (non-hydrogen) atoms. The normalized spacial score (nSPS) is 16.2. The lowest BCUT2D eigenvalue weighted by atomic mass is 10.0. The molecule has 0 saturated carbocycles. The van der Waals surface area contributed by atoms with E-state index in [2.05, 4.69) is 20.9 Å². The first kappa shape index (κ1) is 20.9. The number of H-pyrrole nitrogens is 2. The number of hydrogen-bond donors (Lipinski definition) is 2. The van der Waals surface area contributed by atoms with Gasteiger partial charge in [-0.2, -0.15) is 4.31 Å². The number of aryl methyl sites for hydroxylation is 1. The number of para-hydroxylation sites is 1. The summed E-state index contributed by atoms with van der Waals surface area (Å²) in [7, 11) is -3.14. The predicted molar refractivity (Wildman–Crippen MR) is 128 cm³/mol. The van der Waals surface area contributed by atoms with Crippen LogP contribution in [0.15, 0.2) is 53.3 Å². The van der Waals surface area contributed by atoms with E-state index >= 15 is 0 Å². The maximum Gasteiger partial charge on any atom is 0.257 e. The Bertz CT molecular complexity index is 1480. The molecule has 1 fully saturated rings. The number of sulfonamides is 1. The van der Waals surface area contributed by atoms with Gasteiger partial charge in [-0.05, 0) is 41.6 Å². The molecular weight excluding hydrogens is 424 g/mol. The van der Waals surface area contributed by atoms with Crippen molar-refractivity contribution >= 4 is 31.8 Å². The van der Waals surface area contributed by atoms with Gasteiger partial charge in [0.05, 0.1) is 17.5 Å². The van der Waals surface area contributed by atoms with Gasteiger partial charge in [-0.1, -0.05) is 30.3 Å². The van der Waals surface area contributed by atoms with Crippen LogP contribution in [0.4, 0.5) is 0 Å². The topological polar surface area (TPSA) is 89.3 Å². The second-order valence-corrected chi connectivity index (χ2v) is 10.5. The predicted octanol–water partition coefficient (Wildman–Crippen LogP) is 3.06. The third-order valence-corrected chi connectivity index (χ3v) is 7.68. The summed E-state index contributed by atoms with van der Waals surface area (Å²) < 4.78 is 25.1. The average molecular weight is 451 g/mol. The van der Waals surface area contributed by atoms with E-state index in [9.17, 15) is 13.2 Å². The van der Waals surface area contributed by atoms with E-state index in [1.165, 1.54) is 16.1 Å². The molecule has 2 aromatic carbocycles. The van der Waals surface area contributed by atoms with Crippen molar-refractivity contribution in [3.8, 4) is 11.3 Å². The summed E-state index contributed by atoms with van der Waals surface area (Å²) in [5, 5.41) is 2.12. The van der Waals surface area contributed by atoms with E-state index < -0.39 is 10.0 Å². The smallest absolute Gasteiger partial charge is 0.257 e. The van der Waals surface area contributed by atoms with Crippen molar-refractivity contribution in [1.82, 2.24) is 19.2 Å². The third kappa shape index (κ3) is 3.74. The summed E-state index contributed by atoms with van der Waals surface area (Å²) in [4.78, 5) is 21.6. The number of benzene rings is 2. The molecule has 4 aromatic rings. The highest BCUT2D eigenvalue weighted by atomic mass is 32.2. The Hall–Kier alpha value is -2.94. The van der Waals surface area contributed by atoms with Gasteiger partial charge in [0.25, 0.3) is 5.56 Å². The van der Waals surface area contributed by atoms with Crippen LogP contribution in [0.2, 0.25) is 0 Å². The maximum absolute atomic E-state index is 12.8. The van der Waals surface area contributed by atoms with Crippen LogP contribution >= 0.6 is 0 Å². The van der Waals surface area contributed by atoms with Crippen molar-refractivity contribution in [2.45, 2.75) is 13.5 Å². The Balaban J connectivity index is 1.50. The molecule has 0 bridgehead atoms. The standard InChI is InChI=1S/C24H26N4O3S/c1-16-22-18(15-27-10-12-28(13-11-27)32(2,30)31)7-5-9-21(22)25-23(16)19-14-17-6-3-4-8-20(17)26-24(19)29/h3-9,14,25H,10-13,15H2,1-2H3,(H,26,29). The van der Waals surface area contributed by atoms with Crippen LogP contribution in [0, 0.1) is 6.92 Å². The minimum absolute atomic E-state index is 0.114. The van der Waals surface area contributed by atoms with E-state index in [1.54, 1.807) is 0 Å². The number of aromatic nitrogens is 2. The number of nitrogens with zero attached hydrogens (tertiary/aromatic N) is 2. The summed E-state index contributed by atoms with van der Waals surface area (Å²) in [6, 6.07) is 15.9. The van der Waals surface area contributed by atoms with Crippen molar-refractivity contribution in [1.29, 1.82) is 0 Å². The number of rotatable bonds is 4. The zero-order valence-electron chi connectivity index (χ0n) is 18.2. The molecule has 0 aliphatic carbocycles. The molecule has 0 radical (unpaired) electrons. The zero-order chi connectivity index (χ0) is 22.5. The number of pyridine rings is 1. The van der Waals surface area contributed by atoms with Crippen LogP contribution in [0.25, 0.3) is 33.1 Å². The van der Waals surface area contributed by atoms with Gasteiger partial charge in [-0.15, -0.1) is 0 Å². The number of hydrogen-bond acceptors (Lipinski definition) is 4. The second-order valence-electron chi connectivity index (χ2n) is 8.50. The van der Waals surface area contributed by atoms with Gasteiger partial charge in [0, 0.05) is 49.1 Å². The fourth-order valence-electron chi connectivity index (χ4n) is 4.69. The Morgan fingerprint density at radius 2 is 1.66 bits per heavy atom. The molecule has 5 rings (SSSR count). The zero-order valence-corrected chi connectivity index (χ0v) is 19.0. The van der Waals surface area contributed by atoms with E-state index in [-0.39, 0.29) is 5.56 Å². The molecule has 0 amide bonds. The monoisotopic (exact) mass is 450 g/mol. The van der Waals surface area contributed by atoms with Crippen molar-refractivity contribution in [3.63, 3.8) is 0 Å². The molecule has 0 unspecified atom stereocenters. The Labute approximate surface area is 186 Å². The molecular formula is C24H26N4O3S. The Morgan fingerprint density at radius 1 is 0.938 bits per heavy atom. The van der Waals surface area contributed by atoms with E-state index in [4.69, 9.17) is 0 Å². The number of fused-ring (bicyclic) bond motifs is 2. The molecule has 1 saturated heterocycles. The highest BCUT2D eigenvalue weighted by Gasteiger charge is 2.24. The second kappa shape index (κ2) is 7.88. The Kier molecular flexibility index (Phi) is 5.16. The molecule has 1 aliphatic rings. The van der Waals surface area contributed by atoms with Crippen LogP contribution in [-0.4, -0.2) is 60.0 Å². The summed E-state index contributed by atoms with van der Waals surface area (Å²) in [5.74, 6) is 0. The average Bonchev–Trinajstić information content (AvgIpc) is 3.10. The van der Waals surface area contributed by atoms with Gasteiger partial charge in [-0.25, -0.2) is 8.42 Å². The molecule has 7 nitrogen and oxygen atoms in total. The number of aromatic amines is 2. The highest BCUT2D eigenvalue weighted by Crippen LogP contribution is 2.32. The molecule has 1 aliphatic heterocycles. The fraction of sp³-hybridized carbons (Fsp3) is 0.292. The first-order valence-corrected chi connectivity index (χ1v) is 12.6. The lowest BCUT2D eigenvalue weighted by molar-refractivity contribution is 0.182. The van der Waals surface area contributed by atoms with E-state index in [1.807, 2.05) is 49.4 Å². The van der Waals surface area contributed by atoms with Crippen molar-refractivity contribution in [2.24, 2.45) is 0 Å². The quantitative estimate of drug-likeness (QED) is 0.500. The highest BCUT2D eigenvalue weighted by molar-refractivity contribution is 7.88. The van der Waals surface area contributed by atoms with Gasteiger partial charge >= 0.3 is 0 Å². The first-order valence-electron chi connectivity index (χ1n) is 10.7. The fourth-order valence-corrected chi connectivity index (χ4v) is 5.52. The van der Waals surface area contributed by atoms with Crippen LogP contribution in [-0.2, 0) is 16.6 Å². The first-order chi connectivity index (χ1) is 15.3. The summed E-state index contributed by atoms with van der Waals surface area (Å²) >= 11 is 0. The molecule has 3 heterocycles. The van der Waals surface area contributed by atoms with Crippen molar-refractivity contribution < 1.29 is 8.42 Å². The van der Waals surface area contributed by atoms with Gasteiger partial charge in [0.1, 0.15) is 0 Å².